The molecule has 0 saturated carbocycles. The number of benzene rings is 2. The number of carbonyl (C=O) groups is 1. The summed E-state index contributed by atoms with van der Waals surface area (Å²) < 4.78 is 10.2. The Morgan fingerprint density at radius 1 is 1.22 bits per heavy atom. The van der Waals surface area contributed by atoms with E-state index in [0.717, 1.165) is 17.5 Å². The number of hydrogen-bond acceptors (Lipinski definition) is 5. The van der Waals surface area contributed by atoms with E-state index in [2.05, 4.69) is 12.2 Å². The lowest BCUT2D eigenvalue weighted by Crippen LogP contribution is -2.32. The lowest BCUT2D eigenvalue weighted by Gasteiger charge is -2.18. The van der Waals surface area contributed by atoms with Gasteiger partial charge in [0, 0.05) is 17.6 Å². The number of rotatable bonds is 10. The molecule has 2 aromatic carbocycles. The molecular formula is C21H26ClNO4. The molecule has 0 aliphatic rings. The van der Waals surface area contributed by atoms with Crippen LogP contribution in [0.4, 0.5) is 0 Å². The zero-order chi connectivity index (χ0) is 19.6. The first kappa shape index (κ1) is 21.2. The van der Waals surface area contributed by atoms with Crippen molar-refractivity contribution in [2.24, 2.45) is 0 Å². The Morgan fingerprint density at radius 2 is 1.96 bits per heavy atom. The molecular weight excluding hydrogens is 366 g/mol. The Morgan fingerprint density at radius 3 is 2.63 bits per heavy atom. The van der Waals surface area contributed by atoms with Crippen molar-refractivity contribution >= 4 is 17.6 Å². The first-order valence-electron chi connectivity index (χ1n) is 9.02. The van der Waals surface area contributed by atoms with Gasteiger partial charge < -0.3 is 19.9 Å². The van der Waals surface area contributed by atoms with Gasteiger partial charge in [-0.1, -0.05) is 35.9 Å². The van der Waals surface area contributed by atoms with Crippen LogP contribution >= 0.6 is 11.6 Å². The van der Waals surface area contributed by atoms with Gasteiger partial charge in [0.05, 0.1) is 12.7 Å². The summed E-state index contributed by atoms with van der Waals surface area (Å²) in [6.45, 7) is 4.53. The van der Waals surface area contributed by atoms with E-state index in [1.807, 2.05) is 36.4 Å². The minimum Gasteiger partial charge on any atom is -0.482 e. The molecule has 0 fully saturated rings. The third kappa shape index (κ3) is 7.59. The van der Waals surface area contributed by atoms with Gasteiger partial charge in [0.1, 0.15) is 5.75 Å². The lowest BCUT2D eigenvalue weighted by molar-refractivity contribution is -0.145. The van der Waals surface area contributed by atoms with E-state index in [9.17, 15) is 9.90 Å². The molecule has 0 aliphatic heterocycles. The minimum atomic E-state index is -0.607. The van der Waals surface area contributed by atoms with Gasteiger partial charge in [-0.15, -0.1) is 0 Å². The normalized spacial score (nSPS) is 13.0. The van der Waals surface area contributed by atoms with Gasteiger partial charge in [0.25, 0.3) is 0 Å². The quantitative estimate of drug-likeness (QED) is 0.606. The van der Waals surface area contributed by atoms with Crippen LogP contribution in [-0.2, 0) is 16.0 Å². The van der Waals surface area contributed by atoms with E-state index in [1.165, 1.54) is 0 Å². The highest BCUT2D eigenvalue weighted by atomic mass is 35.5. The number of esters is 1. The van der Waals surface area contributed by atoms with E-state index in [1.54, 1.807) is 19.1 Å². The Balaban J connectivity index is 1.76. The monoisotopic (exact) mass is 391 g/mol. The maximum Gasteiger partial charge on any atom is 0.344 e. The Labute approximate surface area is 165 Å². The van der Waals surface area contributed by atoms with E-state index in [4.69, 9.17) is 21.1 Å². The van der Waals surface area contributed by atoms with Gasteiger partial charge >= 0.3 is 5.97 Å². The summed E-state index contributed by atoms with van der Waals surface area (Å²) in [5.41, 5.74) is 1.93. The molecule has 146 valence electrons. The van der Waals surface area contributed by atoms with Crippen molar-refractivity contribution < 1.29 is 19.4 Å². The molecule has 0 aliphatic carbocycles. The van der Waals surface area contributed by atoms with Crippen LogP contribution in [0.25, 0.3) is 0 Å². The van der Waals surface area contributed by atoms with Gasteiger partial charge in [-0.05, 0) is 55.7 Å². The second-order valence-corrected chi connectivity index (χ2v) is 6.76. The van der Waals surface area contributed by atoms with Gasteiger partial charge in [-0.2, -0.15) is 0 Å². The average Bonchev–Trinajstić information content (AvgIpc) is 2.66. The summed E-state index contributed by atoms with van der Waals surface area (Å²) in [4.78, 5) is 11.3. The summed E-state index contributed by atoms with van der Waals surface area (Å²) in [7, 11) is 0. The van der Waals surface area contributed by atoms with Crippen molar-refractivity contribution in [3.8, 4) is 5.75 Å². The van der Waals surface area contributed by atoms with Crippen LogP contribution in [0.5, 0.6) is 5.75 Å². The number of halogens is 1. The molecule has 0 radical (unpaired) electrons. The lowest BCUT2D eigenvalue weighted by atomic mass is 10.1. The van der Waals surface area contributed by atoms with Crippen LogP contribution < -0.4 is 10.1 Å². The fourth-order valence-corrected chi connectivity index (χ4v) is 2.84. The summed E-state index contributed by atoms with van der Waals surface area (Å²) in [5, 5.41) is 14.2. The standard InChI is InChI=1S/C21H26ClNO4/c1-3-26-21(25)14-27-19-9-7-16(8-10-19)11-15(2)23-13-20(24)17-5-4-6-18(22)12-17/h4-10,12,15,20,23-24H,3,11,13-14H2,1-2H3/t15-,20-/m1/s1. The zero-order valence-corrected chi connectivity index (χ0v) is 16.4. The minimum absolute atomic E-state index is 0.0907. The maximum absolute atomic E-state index is 11.3. The number of nitrogens with one attached hydrogen (secondary N) is 1. The number of ether oxygens (including phenoxy) is 2. The summed E-state index contributed by atoms with van der Waals surface area (Å²) in [6.07, 6.45) is 0.199. The highest BCUT2D eigenvalue weighted by molar-refractivity contribution is 6.30. The first-order chi connectivity index (χ1) is 13.0. The zero-order valence-electron chi connectivity index (χ0n) is 15.7. The second-order valence-electron chi connectivity index (χ2n) is 6.32. The van der Waals surface area contributed by atoms with Crippen molar-refractivity contribution in [2.75, 3.05) is 19.8 Å². The highest BCUT2D eigenvalue weighted by Crippen LogP contribution is 2.18. The molecule has 0 bridgehead atoms. The first-order valence-corrected chi connectivity index (χ1v) is 9.40. The molecule has 0 amide bonds. The Kier molecular flexibility index (Phi) is 8.58. The van der Waals surface area contributed by atoms with Crippen molar-refractivity contribution in [3.05, 3.63) is 64.7 Å². The smallest absolute Gasteiger partial charge is 0.344 e. The van der Waals surface area contributed by atoms with Crippen LogP contribution in [0.2, 0.25) is 5.02 Å². The second kappa shape index (κ2) is 10.9. The Hall–Kier alpha value is -2.08. The topological polar surface area (TPSA) is 67.8 Å². The molecule has 2 atom stereocenters. The molecule has 0 aromatic heterocycles. The molecule has 0 saturated heterocycles. The van der Waals surface area contributed by atoms with Crippen LogP contribution in [0.15, 0.2) is 48.5 Å². The maximum atomic E-state index is 11.3. The van der Waals surface area contributed by atoms with Crippen molar-refractivity contribution in [1.82, 2.24) is 5.32 Å². The molecule has 0 unspecified atom stereocenters. The highest BCUT2D eigenvalue weighted by Gasteiger charge is 2.11. The van der Waals surface area contributed by atoms with Crippen LogP contribution in [0.3, 0.4) is 0 Å². The average molecular weight is 392 g/mol. The van der Waals surface area contributed by atoms with E-state index < -0.39 is 6.10 Å². The third-order valence-electron chi connectivity index (χ3n) is 4.02. The largest absolute Gasteiger partial charge is 0.482 e. The number of carbonyl (C=O) groups excluding carboxylic acids is 1. The van der Waals surface area contributed by atoms with E-state index >= 15 is 0 Å². The van der Waals surface area contributed by atoms with E-state index in [-0.39, 0.29) is 18.6 Å². The summed E-state index contributed by atoms with van der Waals surface area (Å²) >= 11 is 5.96. The molecule has 27 heavy (non-hydrogen) atoms. The fraction of sp³-hybridized carbons (Fsp3) is 0.381. The number of aliphatic hydroxyl groups excluding tert-OH is 1. The summed E-state index contributed by atoms with van der Waals surface area (Å²) in [6, 6.07) is 15.0. The van der Waals surface area contributed by atoms with Crippen LogP contribution in [-0.4, -0.2) is 36.9 Å². The predicted octanol–water partition coefficient (Wildman–Crippen LogP) is 3.54. The molecule has 0 spiro atoms. The van der Waals surface area contributed by atoms with Gasteiger partial charge in [-0.3, -0.25) is 0 Å². The van der Waals surface area contributed by atoms with Crippen LogP contribution in [0, 0.1) is 0 Å². The number of aliphatic hydroxyl groups is 1. The molecule has 5 nitrogen and oxygen atoms in total. The van der Waals surface area contributed by atoms with Gasteiger partial charge in [-0.25, -0.2) is 4.79 Å². The number of hydrogen-bond donors (Lipinski definition) is 2. The molecule has 2 rings (SSSR count). The molecule has 2 N–H and O–H groups in total. The third-order valence-corrected chi connectivity index (χ3v) is 4.26. The Bertz CT molecular complexity index is 720. The van der Waals surface area contributed by atoms with Crippen molar-refractivity contribution in [1.29, 1.82) is 0 Å². The SMILES string of the molecule is CCOC(=O)COc1ccc(C[C@@H](C)NC[C@@H](O)c2cccc(Cl)c2)cc1. The van der Waals surface area contributed by atoms with Crippen molar-refractivity contribution in [3.63, 3.8) is 0 Å². The fourth-order valence-electron chi connectivity index (χ4n) is 2.64. The van der Waals surface area contributed by atoms with Crippen LogP contribution in [0.1, 0.15) is 31.1 Å². The van der Waals surface area contributed by atoms with Crippen molar-refractivity contribution in [2.45, 2.75) is 32.4 Å². The predicted molar refractivity (Wildman–Crippen MR) is 106 cm³/mol. The molecule has 6 heteroatoms. The van der Waals surface area contributed by atoms with E-state index in [0.29, 0.717) is 23.9 Å². The van der Waals surface area contributed by atoms with Gasteiger partial charge in [0.2, 0.25) is 0 Å². The molecule has 2 aromatic rings. The summed E-state index contributed by atoms with van der Waals surface area (Å²) in [5.74, 6) is 0.251. The molecule has 0 heterocycles. The van der Waals surface area contributed by atoms with Gasteiger partial charge in [0.15, 0.2) is 6.61 Å².